The van der Waals surface area contributed by atoms with Gasteiger partial charge in [0, 0.05) is 12.6 Å². The molecule has 0 saturated carbocycles. The van der Waals surface area contributed by atoms with Crippen molar-refractivity contribution in [2.45, 2.75) is 6.43 Å². The second-order valence-corrected chi connectivity index (χ2v) is 3.66. The summed E-state index contributed by atoms with van der Waals surface area (Å²) in [5.74, 6) is -1.49. The number of alkyl halides is 2. The first-order valence-electron chi connectivity index (χ1n) is 5.09. The second kappa shape index (κ2) is 5.16. The quantitative estimate of drug-likeness (QED) is 0.757. The number of benzene rings is 1. The summed E-state index contributed by atoms with van der Waals surface area (Å²) in [5.41, 5.74) is 0.106. The number of nitrogens with zero attached hydrogens (tertiary/aromatic N) is 1. The lowest BCUT2D eigenvalue weighted by Gasteiger charge is -2.06. The molecule has 1 radical (unpaired) electrons. The van der Waals surface area contributed by atoms with E-state index in [1.807, 2.05) is 0 Å². The van der Waals surface area contributed by atoms with E-state index in [-0.39, 0.29) is 0 Å². The van der Waals surface area contributed by atoms with E-state index < -0.39 is 23.6 Å². The fraction of sp³-hybridized carbons (Fsp3) is 0.0769. The molecule has 0 bridgehead atoms. The molecule has 1 aromatic heterocycles. The van der Waals surface area contributed by atoms with Gasteiger partial charge in [0.2, 0.25) is 0 Å². The van der Waals surface area contributed by atoms with Crippen LogP contribution in [0.3, 0.4) is 0 Å². The molecule has 5 heteroatoms. The summed E-state index contributed by atoms with van der Waals surface area (Å²) in [6.07, 6.45) is 0.978. The SMILES string of the molecule is Fc1cncc([CH]c2ccc(F)c(C(F)F)c2)c1. The Labute approximate surface area is 101 Å². The van der Waals surface area contributed by atoms with Crippen LogP contribution in [0.5, 0.6) is 0 Å². The number of aromatic nitrogens is 1. The highest BCUT2D eigenvalue weighted by molar-refractivity contribution is 5.38. The molecule has 1 aromatic carbocycles. The van der Waals surface area contributed by atoms with Crippen molar-refractivity contribution in [3.05, 3.63) is 71.4 Å². The average molecular weight is 254 g/mol. The van der Waals surface area contributed by atoms with E-state index in [1.165, 1.54) is 24.8 Å². The zero-order valence-electron chi connectivity index (χ0n) is 9.08. The van der Waals surface area contributed by atoms with Gasteiger partial charge in [-0.25, -0.2) is 17.6 Å². The fourth-order valence-corrected chi connectivity index (χ4v) is 1.52. The first-order valence-corrected chi connectivity index (χ1v) is 5.09. The molecule has 0 aliphatic carbocycles. The standard InChI is InChI=1S/C13H8F4N/c14-10-4-9(6-18-7-10)3-8-1-2-12(15)11(5-8)13(16)17/h1-7,13H. The van der Waals surface area contributed by atoms with Crippen molar-refractivity contribution in [3.63, 3.8) is 0 Å². The van der Waals surface area contributed by atoms with E-state index in [1.54, 1.807) is 0 Å². The Kier molecular flexibility index (Phi) is 3.60. The highest BCUT2D eigenvalue weighted by atomic mass is 19.3. The van der Waals surface area contributed by atoms with E-state index in [9.17, 15) is 17.6 Å². The minimum Gasteiger partial charge on any atom is -0.261 e. The van der Waals surface area contributed by atoms with Crippen LogP contribution in [0, 0.1) is 18.1 Å². The van der Waals surface area contributed by atoms with Crippen LogP contribution >= 0.6 is 0 Å². The van der Waals surface area contributed by atoms with Gasteiger partial charge in [-0.3, -0.25) is 4.98 Å². The summed E-state index contributed by atoms with van der Waals surface area (Å²) >= 11 is 0. The molecule has 0 atom stereocenters. The molecule has 0 amide bonds. The lowest BCUT2D eigenvalue weighted by molar-refractivity contribution is 0.146. The molecule has 0 aliphatic heterocycles. The minimum absolute atomic E-state index is 0.360. The maximum atomic E-state index is 13.1. The van der Waals surface area contributed by atoms with Crippen LogP contribution in [-0.4, -0.2) is 4.98 Å². The topological polar surface area (TPSA) is 12.9 Å². The van der Waals surface area contributed by atoms with Crippen LogP contribution in [0.1, 0.15) is 23.1 Å². The van der Waals surface area contributed by atoms with Crippen molar-refractivity contribution in [1.29, 1.82) is 0 Å². The largest absolute Gasteiger partial charge is 0.266 e. The predicted octanol–water partition coefficient (Wildman–Crippen LogP) is 3.90. The van der Waals surface area contributed by atoms with Gasteiger partial charge in [-0.1, -0.05) is 6.07 Å². The highest BCUT2D eigenvalue weighted by Gasteiger charge is 2.14. The lowest BCUT2D eigenvalue weighted by Crippen LogP contribution is -1.94. The third kappa shape index (κ3) is 2.85. The van der Waals surface area contributed by atoms with E-state index in [0.29, 0.717) is 11.1 Å². The smallest absolute Gasteiger partial charge is 0.261 e. The number of rotatable bonds is 3. The maximum Gasteiger partial charge on any atom is 0.266 e. The van der Waals surface area contributed by atoms with Crippen molar-refractivity contribution in [3.8, 4) is 0 Å². The molecule has 0 fully saturated rings. The van der Waals surface area contributed by atoms with Gasteiger partial charge in [0.1, 0.15) is 11.6 Å². The normalized spacial score (nSPS) is 10.9. The molecule has 0 unspecified atom stereocenters. The van der Waals surface area contributed by atoms with Gasteiger partial charge in [-0.15, -0.1) is 0 Å². The molecule has 2 rings (SSSR count). The van der Waals surface area contributed by atoms with Crippen LogP contribution in [0.15, 0.2) is 36.7 Å². The molecule has 0 saturated heterocycles. The van der Waals surface area contributed by atoms with E-state index >= 15 is 0 Å². The number of halogens is 4. The van der Waals surface area contributed by atoms with Crippen LogP contribution in [0.2, 0.25) is 0 Å². The van der Waals surface area contributed by atoms with Gasteiger partial charge >= 0.3 is 0 Å². The molecule has 18 heavy (non-hydrogen) atoms. The molecule has 0 spiro atoms. The molecule has 93 valence electrons. The Morgan fingerprint density at radius 2 is 1.78 bits per heavy atom. The predicted molar refractivity (Wildman–Crippen MR) is 58.1 cm³/mol. The zero-order chi connectivity index (χ0) is 13.1. The molecular weight excluding hydrogens is 246 g/mol. The van der Waals surface area contributed by atoms with Crippen LogP contribution in [0.25, 0.3) is 0 Å². The zero-order valence-corrected chi connectivity index (χ0v) is 9.08. The minimum atomic E-state index is -2.89. The van der Waals surface area contributed by atoms with Crippen molar-refractivity contribution in [2.24, 2.45) is 0 Å². The summed E-state index contributed by atoms with van der Waals surface area (Å²) in [4.78, 5) is 3.63. The second-order valence-electron chi connectivity index (χ2n) is 3.66. The summed E-state index contributed by atoms with van der Waals surface area (Å²) in [6.45, 7) is 0. The van der Waals surface area contributed by atoms with Gasteiger partial charge in [0.05, 0.1) is 11.8 Å². The molecular formula is C13H8F4N. The van der Waals surface area contributed by atoms with Crippen LogP contribution < -0.4 is 0 Å². The molecule has 2 aromatic rings. The third-order valence-corrected chi connectivity index (χ3v) is 2.31. The maximum absolute atomic E-state index is 13.1. The highest BCUT2D eigenvalue weighted by Crippen LogP contribution is 2.24. The fourth-order valence-electron chi connectivity index (χ4n) is 1.52. The van der Waals surface area contributed by atoms with E-state index in [0.717, 1.165) is 18.3 Å². The summed E-state index contributed by atoms with van der Waals surface area (Å²) < 4.78 is 50.9. The van der Waals surface area contributed by atoms with Crippen molar-refractivity contribution < 1.29 is 17.6 Å². The van der Waals surface area contributed by atoms with Crippen molar-refractivity contribution >= 4 is 0 Å². The van der Waals surface area contributed by atoms with Crippen molar-refractivity contribution in [2.75, 3.05) is 0 Å². The monoisotopic (exact) mass is 254 g/mol. The number of pyridine rings is 1. The Bertz CT molecular complexity index is 554. The molecule has 0 N–H and O–H groups in total. The number of hydrogen-bond acceptors (Lipinski definition) is 1. The summed E-state index contributed by atoms with van der Waals surface area (Å²) in [7, 11) is 0. The average Bonchev–Trinajstić information content (AvgIpc) is 2.31. The van der Waals surface area contributed by atoms with Crippen LogP contribution in [0.4, 0.5) is 17.6 Å². The first-order chi connectivity index (χ1) is 8.56. The van der Waals surface area contributed by atoms with E-state index in [2.05, 4.69) is 4.98 Å². The summed E-state index contributed by atoms with van der Waals surface area (Å²) in [6, 6.07) is 4.54. The first kappa shape index (κ1) is 12.5. The number of hydrogen-bond donors (Lipinski definition) is 0. The van der Waals surface area contributed by atoms with Gasteiger partial charge in [0.15, 0.2) is 0 Å². The van der Waals surface area contributed by atoms with E-state index in [4.69, 9.17) is 0 Å². The Balaban J connectivity index is 2.27. The van der Waals surface area contributed by atoms with Gasteiger partial charge < -0.3 is 0 Å². The van der Waals surface area contributed by atoms with Crippen LogP contribution in [-0.2, 0) is 0 Å². The molecule has 1 heterocycles. The summed E-state index contributed by atoms with van der Waals surface area (Å²) in [5, 5.41) is 0. The molecule has 0 aliphatic rings. The lowest BCUT2D eigenvalue weighted by atomic mass is 10.0. The third-order valence-electron chi connectivity index (χ3n) is 2.31. The van der Waals surface area contributed by atoms with Gasteiger partial charge in [0.25, 0.3) is 6.43 Å². The Morgan fingerprint density at radius 3 is 2.44 bits per heavy atom. The molecule has 1 nitrogen and oxygen atoms in total. The Morgan fingerprint density at radius 1 is 1.00 bits per heavy atom. The van der Waals surface area contributed by atoms with Gasteiger partial charge in [-0.05, 0) is 29.3 Å². The van der Waals surface area contributed by atoms with Gasteiger partial charge in [-0.2, -0.15) is 0 Å². The Hall–Kier alpha value is -1.91. The van der Waals surface area contributed by atoms with Crippen molar-refractivity contribution in [1.82, 2.24) is 4.98 Å².